The van der Waals surface area contributed by atoms with E-state index in [1.54, 1.807) is 6.20 Å². The summed E-state index contributed by atoms with van der Waals surface area (Å²) in [7, 11) is 0. The topological polar surface area (TPSA) is 85.2 Å². The number of rotatable bonds is 3. The molecule has 0 aromatic carbocycles. The van der Waals surface area contributed by atoms with Gasteiger partial charge in [0.25, 0.3) is 0 Å². The Balaban J connectivity index is 1.91. The minimum atomic E-state index is 0.486. The molecule has 1 N–H and O–H groups in total. The highest BCUT2D eigenvalue weighted by Crippen LogP contribution is 2.39. The van der Waals surface area contributed by atoms with Crippen molar-refractivity contribution in [3.63, 3.8) is 0 Å². The van der Waals surface area contributed by atoms with E-state index in [1.807, 2.05) is 23.9 Å². The number of hydrogen-bond donors (Lipinski definition) is 1. The Hall–Kier alpha value is -2.57. The Labute approximate surface area is 115 Å². The van der Waals surface area contributed by atoms with Crippen molar-refractivity contribution in [1.82, 2.24) is 34.9 Å². The molecule has 1 aliphatic rings. The maximum atomic E-state index is 4.65. The summed E-state index contributed by atoms with van der Waals surface area (Å²) >= 11 is 0. The van der Waals surface area contributed by atoms with Crippen molar-refractivity contribution in [2.45, 2.75) is 25.7 Å². The molecule has 0 aliphatic heterocycles. The molecule has 0 radical (unpaired) electrons. The molecule has 1 aliphatic carbocycles. The van der Waals surface area contributed by atoms with Crippen LogP contribution in [0.4, 0.5) is 0 Å². The number of aromatic amines is 1. The van der Waals surface area contributed by atoms with Gasteiger partial charge in [-0.2, -0.15) is 10.2 Å². The molecule has 7 heteroatoms. The summed E-state index contributed by atoms with van der Waals surface area (Å²) in [5, 5.41) is 11.4. The van der Waals surface area contributed by atoms with Crippen LogP contribution >= 0.6 is 0 Å². The summed E-state index contributed by atoms with van der Waals surface area (Å²) in [5.74, 6) is 2.69. The SMILES string of the molecule is Cc1cnccc1-n1nc(C2CC2)nc1-c1ncn[nH]1. The molecular formula is C13H13N7. The maximum absolute atomic E-state index is 4.65. The quantitative estimate of drug-likeness (QED) is 0.779. The largest absolute Gasteiger partial charge is 0.264 e. The van der Waals surface area contributed by atoms with E-state index in [2.05, 4.69) is 30.2 Å². The van der Waals surface area contributed by atoms with E-state index in [1.165, 1.54) is 6.33 Å². The normalized spacial score (nSPS) is 14.7. The van der Waals surface area contributed by atoms with Crippen LogP contribution in [0.5, 0.6) is 0 Å². The molecular weight excluding hydrogens is 254 g/mol. The first-order chi connectivity index (χ1) is 9.83. The van der Waals surface area contributed by atoms with Crippen LogP contribution in [-0.2, 0) is 0 Å². The third-order valence-electron chi connectivity index (χ3n) is 3.41. The second-order valence-electron chi connectivity index (χ2n) is 4.98. The van der Waals surface area contributed by atoms with Crippen LogP contribution in [0.15, 0.2) is 24.8 Å². The van der Waals surface area contributed by atoms with Crippen molar-refractivity contribution >= 4 is 0 Å². The first kappa shape index (κ1) is 11.3. The molecule has 1 saturated carbocycles. The molecule has 3 aromatic heterocycles. The Kier molecular flexibility index (Phi) is 2.38. The van der Waals surface area contributed by atoms with E-state index in [9.17, 15) is 0 Å². The van der Waals surface area contributed by atoms with Crippen LogP contribution in [0.1, 0.15) is 30.1 Å². The molecule has 3 aromatic rings. The Bertz CT molecular complexity index is 740. The van der Waals surface area contributed by atoms with Crippen LogP contribution in [0.25, 0.3) is 17.3 Å². The average Bonchev–Trinajstić information content (AvgIpc) is 3.01. The van der Waals surface area contributed by atoms with E-state index in [0.29, 0.717) is 17.6 Å². The van der Waals surface area contributed by atoms with E-state index >= 15 is 0 Å². The Morgan fingerprint density at radius 2 is 2.25 bits per heavy atom. The highest BCUT2D eigenvalue weighted by molar-refractivity contribution is 5.50. The maximum Gasteiger partial charge on any atom is 0.200 e. The lowest BCUT2D eigenvalue weighted by Crippen LogP contribution is -2.03. The lowest BCUT2D eigenvalue weighted by molar-refractivity contribution is 0.828. The number of aromatic nitrogens is 7. The molecule has 0 amide bonds. The molecule has 0 spiro atoms. The fraction of sp³-hybridized carbons (Fsp3) is 0.308. The predicted octanol–water partition coefficient (Wildman–Crippen LogP) is 1.63. The first-order valence-electron chi connectivity index (χ1n) is 6.56. The highest BCUT2D eigenvalue weighted by Gasteiger charge is 2.30. The van der Waals surface area contributed by atoms with Gasteiger partial charge in [0.05, 0.1) is 5.69 Å². The monoisotopic (exact) mass is 267 g/mol. The molecule has 0 unspecified atom stereocenters. The zero-order valence-electron chi connectivity index (χ0n) is 11.0. The third-order valence-corrected chi connectivity index (χ3v) is 3.41. The zero-order chi connectivity index (χ0) is 13.5. The number of nitrogens with zero attached hydrogens (tertiary/aromatic N) is 6. The summed E-state index contributed by atoms with van der Waals surface area (Å²) in [6.07, 6.45) is 7.37. The fourth-order valence-electron chi connectivity index (χ4n) is 2.18. The Morgan fingerprint density at radius 1 is 1.35 bits per heavy atom. The van der Waals surface area contributed by atoms with Gasteiger partial charge in [0.1, 0.15) is 6.33 Å². The van der Waals surface area contributed by atoms with Crippen molar-refractivity contribution in [2.75, 3.05) is 0 Å². The van der Waals surface area contributed by atoms with Crippen LogP contribution in [0.2, 0.25) is 0 Å². The first-order valence-corrected chi connectivity index (χ1v) is 6.56. The summed E-state index contributed by atoms with van der Waals surface area (Å²) in [6, 6.07) is 1.93. The number of hydrogen-bond acceptors (Lipinski definition) is 5. The van der Waals surface area contributed by atoms with Gasteiger partial charge in [0.2, 0.25) is 5.82 Å². The van der Waals surface area contributed by atoms with Gasteiger partial charge in [-0.15, -0.1) is 0 Å². The highest BCUT2D eigenvalue weighted by atomic mass is 15.4. The van der Waals surface area contributed by atoms with E-state index < -0.39 is 0 Å². The number of nitrogens with one attached hydrogen (secondary N) is 1. The van der Waals surface area contributed by atoms with Crippen LogP contribution in [0.3, 0.4) is 0 Å². The number of H-pyrrole nitrogens is 1. The molecule has 1 fully saturated rings. The predicted molar refractivity (Wildman–Crippen MR) is 71.2 cm³/mol. The minimum Gasteiger partial charge on any atom is -0.264 e. The second kappa shape index (κ2) is 4.22. The smallest absolute Gasteiger partial charge is 0.200 e. The van der Waals surface area contributed by atoms with Gasteiger partial charge in [-0.25, -0.2) is 14.6 Å². The molecule has 0 bridgehead atoms. The summed E-state index contributed by atoms with van der Waals surface area (Å²) in [4.78, 5) is 12.9. The van der Waals surface area contributed by atoms with Gasteiger partial charge in [0, 0.05) is 18.3 Å². The van der Waals surface area contributed by atoms with Crippen LogP contribution in [-0.4, -0.2) is 34.9 Å². The number of pyridine rings is 1. The van der Waals surface area contributed by atoms with Crippen molar-refractivity contribution in [3.05, 3.63) is 36.2 Å². The molecule has 0 saturated heterocycles. The lowest BCUT2D eigenvalue weighted by Gasteiger charge is -2.06. The van der Waals surface area contributed by atoms with E-state index in [0.717, 1.165) is 29.9 Å². The van der Waals surface area contributed by atoms with Crippen molar-refractivity contribution in [3.8, 4) is 17.3 Å². The van der Waals surface area contributed by atoms with E-state index in [-0.39, 0.29) is 0 Å². The van der Waals surface area contributed by atoms with Crippen LogP contribution < -0.4 is 0 Å². The molecule has 7 nitrogen and oxygen atoms in total. The van der Waals surface area contributed by atoms with Crippen LogP contribution in [0, 0.1) is 6.92 Å². The van der Waals surface area contributed by atoms with Gasteiger partial charge in [-0.1, -0.05) is 0 Å². The lowest BCUT2D eigenvalue weighted by atomic mass is 10.2. The molecule has 0 atom stereocenters. The third kappa shape index (κ3) is 1.78. The molecule has 3 heterocycles. The standard InChI is InChI=1S/C13H13N7/c1-8-6-14-5-4-10(8)20-13(12-15-7-16-18-12)17-11(19-20)9-2-3-9/h4-7,9H,2-3H2,1H3,(H,15,16,18). The summed E-state index contributed by atoms with van der Waals surface area (Å²) in [5.41, 5.74) is 2.01. The van der Waals surface area contributed by atoms with Gasteiger partial charge in [-0.3, -0.25) is 10.1 Å². The van der Waals surface area contributed by atoms with Gasteiger partial charge in [-0.05, 0) is 31.4 Å². The van der Waals surface area contributed by atoms with Gasteiger partial charge in [0.15, 0.2) is 11.6 Å². The van der Waals surface area contributed by atoms with Crippen molar-refractivity contribution < 1.29 is 0 Å². The van der Waals surface area contributed by atoms with Crippen molar-refractivity contribution in [2.24, 2.45) is 0 Å². The minimum absolute atomic E-state index is 0.486. The molecule has 100 valence electrons. The summed E-state index contributed by atoms with van der Waals surface area (Å²) in [6.45, 7) is 2.00. The molecule has 4 rings (SSSR count). The fourth-order valence-corrected chi connectivity index (χ4v) is 2.18. The summed E-state index contributed by atoms with van der Waals surface area (Å²) < 4.78 is 1.82. The van der Waals surface area contributed by atoms with E-state index in [4.69, 9.17) is 0 Å². The van der Waals surface area contributed by atoms with Gasteiger partial charge < -0.3 is 0 Å². The molecule has 20 heavy (non-hydrogen) atoms. The zero-order valence-corrected chi connectivity index (χ0v) is 11.0. The van der Waals surface area contributed by atoms with Crippen molar-refractivity contribution in [1.29, 1.82) is 0 Å². The number of aryl methyl sites for hydroxylation is 1. The Morgan fingerprint density at radius 3 is 2.95 bits per heavy atom. The second-order valence-corrected chi connectivity index (χ2v) is 4.98. The average molecular weight is 267 g/mol. The van der Waals surface area contributed by atoms with Gasteiger partial charge >= 0.3 is 0 Å².